The van der Waals surface area contributed by atoms with Crippen LogP contribution in [0, 0.1) is 5.92 Å². The van der Waals surface area contributed by atoms with E-state index in [4.69, 9.17) is 22.4 Å². The molecule has 0 amide bonds. The second kappa shape index (κ2) is 6.65. The SMILES string of the molecule is CCC(CC1CCC2OC2C1)O[Si](OC)(OC)OC. The van der Waals surface area contributed by atoms with Gasteiger partial charge in [-0.15, -0.1) is 0 Å². The zero-order valence-electron chi connectivity index (χ0n) is 12.4. The van der Waals surface area contributed by atoms with Crippen LogP contribution in [-0.4, -0.2) is 48.7 Å². The molecule has 5 nitrogen and oxygen atoms in total. The lowest BCUT2D eigenvalue weighted by Gasteiger charge is -2.30. The zero-order valence-corrected chi connectivity index (χ0v) is 13.4. The van der Waals surface area contributed by atoms with E-state index in [2.05, 4.69) is 6.92 Å². The van der Waals surface area contributed by atoms with Crippen molar-refractivity contribution in [3.63, 3.8) is 0 Å². The summed E-state index contributed by atoms with van der Waals surface area (Å²) < 4.78 is 27.6. The molecule has 0 spiro atoms. The van der Waals surface area contributed by atoms with Gasteiger partial charge in [-0.05, 0) is 38.0 Å². The fourth-order valence-corrected chi connectivity index (χ4v) is 4.43. The Morgan fingerprint density at radius 3 is 2.32 bits per heavy atom. The Kier molecular flexibility index (Phi) is 5.39. The molecule has 1 saturated carbocycles. The molecule has 1 heterocycles. The van der Waals surface area contributed by atoms with Crippen molar-refractivity contribution in [1.82, 2.24) is 0 Å². The fraction of sp³-hybridized carbons (Fsp3) is 1.00. The minimum atomic E-state index is -2.92. The molecule has 2 fully saturated rings. The number of epoxide rings is 1. The number of hydrogen-bond donors (Lipinski definition) is 0. The van der Waals surface area contributed by atoms with Crippen LogP contribution in [0.25, 0.3) is 0 Å². The highest BCUT2D eigenvalue weighted by molar-refractivity contribution is 6.53. The van der Waals surface area contributed by atoms with Crippen LogP contribution < -0.4 is 0 Å². The van der Waals surface area contributed by atoms with Gasteiger partial charge in [0.1, 0.15) is 0 Å². The average molecular weight is 290 g/mol. The molecule has 2 rings (SSSR count). The normalized spacial score (nSPS) is 31.9. The fourth-order valence-electron chi connectivity index (χ4n) is 2.97. The molecule has 0 aromatic heterocycles. The van der Waals surface area contributed by atoms with Gasteiger partial charge in [0.25, 0.3) is 0 Å². The molecule has 1 saturated heterocycles. The molecular formula is C13H26O5Si. The topological polar surface area (TPSA) is 49.5 Å². The van der Waals surface area contributed by atoms with Crippen molar-refractivity contribution in [2.24, 2.45) is 5.92 Å². The molecule has 4 unspecified atom stereocenters. The Bertz CT molecular complexity index is 276. The Morgan fingerprint density at radius 2 is 1.79 bits per heavy atom. The Labute approximate surface area is 117 Å². The maximum Gasteiger partial charge on any atom is 0.679 e. The van der Waals surface area contributed by atoms with Gasteiger partial charge in [-0.25, -0.2) is 0 Å². The molecule has 112 valence electrons. The standard InChI is InChI=1S/C13H26O5Si/c1-5-11(18-19(14-2,15-3)16-4)8-10-6-7-12-13(9-10)17-12/h10-13H,5-9H2,1-4H3. The van der Waals surface area contributed by atoms with E-state index in [1.54, 1.807) is 21.3 Å². The lowest BCUT2D eigenvalue weighted by atomic mass is 9.85. The summed E-state index contributed by atoms with van der Waals surface area (Å²) in [5.74, 6) is 0.686. The summed E-state index contributed by atoms with van der Waals surface area (Å²) in [6.07, 6.45) is 6.80. The molecule has 6 heteroatoms. The van der Waals surface area contributed by atoms with E-state index in [1.165, 1.54) is 19.3 Å². The highest BCUT2D eigenvalue weighted by atomic mass is 28.4. The first-order chi connectivity index (χ1) is 9.16. The number of rotatable bonds is 8. The predicted molar refractivity (Wildman–Crippen MR) is 72.6 cm³/mol. The van der Waals surface area contributed by atoms with Crippen molar-refractivity contribution in [1.29, 1.82) is 0 Å². The molecule has 19 heavy (non-hydrogen) atoms. The van der Waals surface area contributed by atoms with E-state index >= 15 is 0 Å². The van der Waals surface area contributed by atoms with Gasteiger partial charge in [-0.3, -0.25) is 0 Å². The van der Waals surface area contributed by atoms with Crippen LogP contribution in [0.5, 0.6) is 0 Å². The second-order valence-corrected chi connectivity index (χ2v) is 7.85. The Balaban J connectivity index is 1.84. The van der Waals surface area contributed by atoms with Gasteiger partial charge in [-0.2, -0.15) is 0 Å². The highest BCUT2D eigenvalue weighted by Crippen LogP contribution is 2.41. The van der Waals surface area contributed by atoms with Crippen LogP contribution in [0.1, 0.15) is 39.0 Å². The molecule has 4 atom stereocenters. The predicted octanol–water partition coefficient (Wildman–Crippen LogP) is 2.11. The summed E-state index contributed by atoms with van der Waals surface area (Å²) >= 11 is 0. The first kappa shape index (κ1) is 15.4. The van der Waals surface area contributed by atoms with Crippen LogP contribution in [0.3, 0.4) is 0 Å². The maximum atomic E-state index is 6.02. The number of hydrogen-bond acceptors (Lipinski definition) is 5. The first-order valence-electron chi connectivity index (χ1n) is 7.15. The van der Waals surface area contributed by atoms with Crippen molar-refractivity contribution in [3.05, 3.63) is 0 Å². The Morgan fingerprint density at radius 1 is 1.11 bits per heavy atom. The summed E-state index contributed by atoms with van der Waals surface area (Å²) in [7, 11) is 1.81. The van der Waals surface area contributed by atoms with Crippen molar-refractivity contribution in [2.45, 2.75) is 57.3 Å². The third-order valence-electron chi connectivity index (χ3n) is 4.23. The van der Waals surface area contributed by atoms with Crippen LogP contribution in [-0.2, 0) is 22.4 Å². The van der Waals surface area contributed by atoms with Crippen LogP contribution in [0.4, 0.5) is 0 Å². The van der Waals surface area contributed by atoms with Gasteiger partial charge >= 0.3 is 9.05 Å². The largest absolute Gasteiger partial charge is 0.679 e. The molecule has 0 aromatic rings. The van der Waals surface area contributed by atoms with Gasteiger partial charge in [0.05, 0.1) is 18.3 Å². The third-order valence-corrected chi connectivity index (χ3v) is 6.35. The van der Waals surface area contributed by atoms with Crippen molar-refractivity contribution < 1.29 is 22.4 Å². The summed E-state index contributed by atoms with van der Waals surface area (Å²) in [5, 5.41) is 0. The van der Waals surface area contributed by atoms with Gasteiger partial charge in [0, 0.05) is 21.3 Å². The van der Waals surface area contributed by atoms with Gasteiger partial charge < -0.3 is 22.4 Å². The van der Waals surface area contributed by atoms with E-state index in [0.717, 1.165) is 12.8 Å². The molecule has 1 aliphatic heterocycles. The van der Waals surface area contributed by atoms with Crippen molar-refractivity contribution >= 4 is 9.05 Å². The van der Waals surface area contributed by atoms with Gasteiger partial charge in [0.2, 0.25) is 0 Å². The third kappa shape index (κ3) is 3.77. The van der Waals surface area contributed by atoms with Crippen LogP contribution >= 0.6 is 0 Å². The van der Waals surface area contributed by atoms with E-state index in [-0.39, 0.29) is 6.10 Å². The molecule has 0 radical (unpaired) electrons. The minimum absolute atomic E-state index is 0.131. The Hall–Kier alpha value is 0.0169. The van der Waals surface area contributed by atoms with Crippen molar-refractivity contribution in [2.75, 3.05) is 21.3 Å². The number of ether oxygens (including phenoxy) is 1. The summed E-state index contributed by atoms with van der Waals surface area (Å²) in [6.45, 7) is 2.13. The van der Waals surface area contributed by atoms with E-state index in [1.807, 2.05) is 0 Å². The van der Waals surface area contributed by atoms with Crippen LogP contribution in [0.15, 0.2) is 0 Å². The monoisotopic (exact) mass is 290 g/mol. The number of fused-ring (bicyclic) bond motifs is 1. The smallest absolute Gasteiger partial charge is 0.370 e. The van der Waals surface area contributed by atoms with Gasteiger partial charge in [-0.1, -0.05) is 6.92 Å². The molecule has 0 N–H and O–H groups in total. The van der Waals surface area contributed by atoms with E-state index in [0.29, 0.717) is 18.1 Å². The molecule has 2 aliphatic rings. The lowest BCUT2D eigenvalue weighted by molar-refractivity contribution is -0.0303. The molecule has 1 aliphatic carbocycles. The minimum Gasteiger partial charge on any atom is -0.370 e. The van der Waals surface area contributed by atoms with Crippen molar-refractivity contribution in [3.8, 4) is 0 Å². The first-order valence-corrected chi connectivity index (χ1v) is 8.78. The molecule has 0 aromatic carbocycles. The molecular weight excluding hydrogens is 264 g/mol. The zero-order chi connectivity index (χ0) is 13.9. The summed E-state index contributed by atoms with van der Waals surface area (Å²) in [5.41, 5.74) is 0. The maximum absolute atomic E-state index is 6.02. The average Bonchev–Trinajstić information content (AvgIpc) is 3.22. The van der Waals surface area contributed by atoms with E-state index in [9.17, 15) is 0 Å². The summed E-state index contributed by atoms with van der Waals surface area (Å²) in [6, 6.07) is 0. The quantitative estimate of drug-likeness (QED) is 0.506. The van der Waals surface area contributed by atoms with Crippen LogP contribution in [0.2, 0.25) is 0 Å². The van der Waals surface area contributed by atoms with Gasteiger partial charge in [0.15, 0.2) is 0 Å². The summed E-state index contributed by atoms with van der Waals surface area (Å²) in [4.78, 5) is 0. The molecule has 0 bridgehead atoms. The lowest BCUT2D eigenvalue weighted by Crippen LogP contribution is -2.49. The second-order valence-electron chi connectivity index (χ2n) is 5.39. The van der Waals surface area contributed by atoms with E-state index < -0.39 is 9.05 Å². The highest BCUT2D eigenvalue weighted by Gasteiger charge is 2.47.